The quantitative estimate of drug-likeness (QED) is 0.682. The number of amides is 2. The Kier molecular flexibility index (Phi) is 6.30. The van der Waals surface area contributed by atoms with Crippen LogP contribution in [0, 0.1) is 0 Å². The fourth-order valence-electron chi connectivity index (χ4n) is 3.43. The standard InChI is InChI=1S/C23H26N4O3/c1-5-16-10-9-11-17(6-2)21(16)25-20(29)14-27-19-13-8-7-12-18(19)24-22(23(27)30)26(4)15(3)28/h7-13H,5-6,14H2,1-4H3,(H,25,29). The van der Waals surface area contributed by atoms with E-state index in [1.807, 2.05) is 32.0 Å². The van der Waals surface area contributed by atoms with Crippen LogP contribution in [0.5, 0.6) is 0 Å². The van der Waals surface area contributed by atoms with Crippen molar-refractivity contribution < 1.29 is 9.59 Å². The second-order valence-corrected chi connectivity index (χ2v) is 7.10. The van der Waals surface area contributed by atoms with Gasteiger partial charge < -0.3 is 5.32 Å². The van der Waals surface area contributed by atoms with Gasteiger partial charge in [0, 0.05) is 19.7 Å². The van der Waals surface area contributed by atoms with Gasteiger partial charge in [-0.1, -0.05) is 44.2 Å². The van der Waals surface area contributed by atoms with Gasteiger partial charge in [-0.15, -0.1) is 0 Å². The summed E-state index contributed by atoms with van der Waals surface area (Å²) in [6.45, 7) is 5.26. The Balaban J connectivity index is 2.04. The number of carbonyl (C=O) groups is 2. The summed E-state index contributed by atoms with van der Waals surface area (Å²) in [5.74, 6) is -0.618. The fourth-order valence-corrected chi connectivity index (χ4v) is 3.43. The van der Waals surface area contributed by atoms with E-state index < -0.39 is 5.56 Å². The van der Waals surface area contributed by atoms with Gasteiger partial charge in [0.1, 0.15) is 6.54 Å². The molecule has 30 heavy (non-hydrogen) atoms. The van der Waals surface area contributed by atoms with E-state index >= 15 is 0 Å². The molecule has 1 N–H and O–H groups in total. The third-order valence-electron chi connectivity index (χ3n) is 5.19. The van der Waals surface area contributed by atoms with Crippen molar-refractivity contribution in [2.75, 3.05) is 17.3 Å². The number of fused-ring (bicyclic) bond motifs is 1. The van der Waals surface area contributed by atoms with Gasteiger partial charge in [-0.2, -0.15) is 0 Å². The van der Waals surface area contributed by atoms with Gasteiger partial charge >= 0.3 is 0 Å². The number of para-hydroxylation sites is 3. The predicted octanol–water partition coefficient (Wildman–Crippen LogP) is 3.14. The molecular formula is C23H26N4O3. The molecule has 1 heterocycles. The van der Waals surface area contributed by atoms with Crippen LogP contribution in [0.15, 0.2) is 47.3 Å². The van der Waals surface area contributed by atoms with E-state index in [0.717, 1.165) is 29.7 Å². The Morgan fingerprint density at radius 1 is 1.03 bits per heavy atom. The second-order valence-electron chi connectivity index (χ2n) is 7.10. The third kappa shape index (κ3) is 4.10. The van der Waals surface area contributed by atoms with Crippen molar-refractivity contribution in [1.82, 2.24) is 9.55 Å². The summed E-state index contributed by atoms with van der Waals surface area (Å²) in [5.41, 5.74) is 3.49. The molecule has 0 radical (unpaired) electrons. The largest absolute Gasteiger partial charge is 0.324 e. The van der Waals surface area contributed by atoms with Crippen molar-refractivity contribution in [2.45, 2.75) is 40.2 Å². The first-order valence-corrected chi connectivity index (χ1v) is 10.0. The average molecular weight is 406 g/mol. The zero-order chi connectivity index (χ0) is 21.8. The first-order valence-electron chi connectivity index (χ1n) is 10.0. The van der Waals surface area contributed by atoms with Crippen LogP contribution in [0.25, 0.3) is 11.0 Å². The summed E-state index contributed by atoms with van der Waals surface area (Å²) in [5, 5.41) is 2.99. The monoisotopic (exact) mass is 406 g/mol. The molecule has 0 atom stereocenters. The van der Waals surface area contributed by atoms with E-state index in [1.54, 1.807) is 24.3 Å². The molecule has 0 saturated carbocycles. The third-order valence-corrected chi connectivity index (χ3v) is 5.19. The molecule has 0 bridgehead atoms. The topological polar surface area (TPSA) is 84.3 Å². The van der Waals surface area contributed by atoms with E-state index in [4.69, 9.17) is 0 Å². The molecule has 0 aliphatic carbocycles. The van der Waals surface area contributed by atoms with Crippen LogP contribution >= 0.6 is 0 Å². The number of benzene rings is 2. The molecule has 0 saturated heterocycles. The molecule has 3 rings (SSSR count). The lowest BCUT2D eigenvalue weighted by Crippen LogP contribution is -2.36. The Hall–Kier alpha value is -3.48. The van der Waals surface area contributed by atoms with E-state index in [1.165, 1.54) is 23.4 Å². The lowest BCUT2D eigenvalue weighted by Gasteiger charge is -2.18. The number of carbonyl (C=O) groups excluding carboxylic acids is 2. The van der Waals surface area contributed by atoms with Crippen molar-refractivity contribution in [2.24, 2.45) is 0 Å². The molecule has 1 aromatic heterocycles. The Morgan fingerprint density at radius 3 is 2.27 bits per heavy atom. The highest BCUT2D eigenvalue weighted by Gasteiger charge is 2.19. The van der Waals surface area contributed by atoms with Crippen molar-refractivity contribution in [3.05, 3.63) is 63.9 Å². The number of nitrogens with one attached hydrogen (secondary N) is 1. The molecule has 3 aromatic rings. The van der Waals surface area contributed by atoms with Gasteiger partial charge in [0.25, 0.3) is 5.56 Å². The molecule has 0 aliphatic rings. The average Bonchev–Trinajstić information content (AvgIpc) is 2.75. The van der Waals surface area contributed by atoms with Crippen LogP contribution in [0.1, 0.15) is 31.9 Å². The number of aryl methyl sites for hydroxylation is 2. The van der Waals surface area contributed by atoms with E-state index in [-0.39, 0.29) is 24.2 Å². The van der Waals surface area contributed by atoms with Crippen LogP contribution in [0.4, 0.5) is 11.5 Å². The molecule has 0 fully saturated rings. The molecule has 7 heteroatoms. The number of rotatable bonds is 6. The van der Waals surface area contributed by atoms with Crippen LogP contribution in [0.2, 0.25) is 0 Å². The van der Waals surface area contributed by atoms with Crippen molar-refractivity contribution in [3.8, 4) is 0 Å². The zero-order valence-corrected chi connectivity index (χ0v) is 17.7. The highest BCUT2D eigenvalue weighted by Crippen LogP contribution is 2.23. The molecule has 0 unspecified atom stereocenters. The maximum atomic E-state index is 13.1. The normalized spacial score (nSPS) is 10.8. The first kappa shape index (κ1) is 21.2. The molecular weight excluding hydrogens is 380 g/mol. The van der Waals surface area contributed by atoms with E-state index in [0.29, 0.717) is 11.0 Å². The van der Waals surface area contributed by atoms with E-state index in [2.05, 4.69) is 10.3 Å². The lowest BCUT2D eigenvalue weighted by molar-refractivity contribution is -0.117. The maximum Gasteiger partial charge on any atom is 0.294 e. The van der Waals surface area contributed by atoms with Gasteiger partial charge in [0.2, 0.25) is 17.6 Å². The Bertz CT molecular complexity index is 1140. The Morgan fingerprint density at radius 2 is 1.67 bits per heavy atom. The molecule has 2 aromatic carbocycles. The lowest BCUT2D eigenvalue weighted by atomic mass is 10.0. The van der Waals surface area contributed by atoms with Crippen molar-refractivity contribution >= 4 is 34.4 Å². The molecule has 2 amide bonds. The summed E-state index contributed by atoms with van der Waals surface area (Å²) in [4.78, 5) is 43.4. The predicted molar refractivity (Wildman–Crippen MR) is 119 cm³/mol. The molecule has 0 aliphatic heterocycles. The molecule has 156 valence electrons. The molecule has 7 nitrogen and oxygen atoms in total. The van der Waals surface area contributed by atoms with Gasteiger partial charge in [0.05, 0.1) is 11.0 Å². The Labute approximate surface area is 175 Å². The highest BCUT2D eigenvalue weighted by molar-refractivity contribution is 5.94. The summed E-state index contributed by atoms with van der Waals surface area (Å²) in [6.07, 6.45) is 1.57. The van der Waals surface area contributed by atoms with Gasteiger partial charge in [0.15, 0.2) is 0 Å². The number of hydrogen-bond donors (Lipinski definition) is 1. The number of hydrogen-bond acceptors (Lipinski definition) is 4. The fraction of sp³-hybridized carbons (Fsp3) is 0.304. The van der Waals surface area contributed by atoms with Crippen molar-refractivity contribution in [1.29, 1.82) is 0 Å². The summed E-state index contributed by atoms with van der Waals surface area (Å²) in [6, 6.07) is 13.0. The van der Waals surface area contributed by atoms with Crippen LogP contribution in [0.3, 0.4) is 0 Å². The summed E-state index contributed by atoms with van der Waals surface area (Å²) >= 11 is 0. The van der Waals surface area contributed by atoms with Gasteiger partial charge in [-0.3, -0.25) is 23.9 Å². The van der Waals surface area contributed by atoms with Crippen LogP contribution in [-0.4, -0.2) is 28.4 Å². The van der Waals surface area contributed by atoms with Gasteiger partial charge in [-0.05, 0) is 36.1 Å². The van der Waals surface area contributed by atoms with Crippen LogP contribution < -0.4 is 15.8 Å². The first-order chi connectivity index (χ1) is 14.4. The summed E-state index contributed by atoms with van der Waals surface area (Å²) in [7, 11) is 1.50. The number of anilines is 2. The van der Waals surface area contributed by atoms with Crippen LogP contribution in [-0.2, 0) is 29.0 Å². The van der Waals surface area contributed by atoms with Gasteiger partial charge in [-0.25, -0.2) is 4.98 Å². The maximum absolute atomic E-state index is 13.1. The minimum atomic E-state index is -0.485. The van der Waals surface area contributed by atoms with Crippen molar-refractivity contribution in [3.63, 3.8) is 0 Å². The molecule has 0 spiro atoms. The second kappa shape index (κ2) is 8.90. The SMILES string of the molecule is CCc1cccc(CC)c1NC(=O)Cn1c(=O)c(N(C)C(C)=O)nc2ccccc21. The summed E-state index contributed by atoms with van der Waals surface area (Å²) < 4.78 is 1.37. The van der Waals surface area contributed by atoms with E-state index in [9.17, 15) is 14.4 Å². The minimum absolute atomic E-state index is 0.00259. The zero-order valence-electron chi connectivity index (χ0n) is 17.7. The minimum Gasteiger partial charge on any atom is -0.324 e. The number of aromatic nitrogens is 2. The smallest absolute Gasteiger partial charge is 0.294 e. The highest BCUT2D eigenvalue weighted by atomic mass is 16.2. The number of nitrogens with zero attached hydrogens (tertiary/aromatic N) is 3.